The Hall–Kier alpha value is -1.59. The Morgan fingerprint density at radius 2 is 1.73 bits per heavy atom. The van der Waals surface area contributed by atoms with Gasteiger partial charge in [-0.05, 0) is 74.0 Å². The molecule has 2 heterocycles. The molecule has 5 N–H and O–H groups in total. The minimum atomic E-state index is -0.00817. The van der Waals surface area contributed by atoms with Gasteiger partial charge in [0.1, 0.15) is 11.6 Å². The van der Waals surface area contributed by atoms with Crippen LogP contribution in [-0.4, -0.2) is 36.5 Å². The van der Waals surface area contributed by atoms with Crippen LogP contribution in [0.1, 0.15) is 80.4 Å². The van der Waals surface area contributed by atoms with Crippen molar-refractivity contribution in [3.63, 3.8) is 0 Å². The standard InChI is InChI=1S/C31H41N3O.2ClH/c32-28-15-7-14-26-25(28)13-8-17-31(26)21-33-20-27(31)30(35)34-18-16-24(22-9-3-1-4-10-22)19-29(34)23-11-5-2-6-12-23;;/h1,3-4,7,9-10,14-15,23-24,27,29,33H,2,5-6,8,11-13,16-21,32H2;2*1H/t24-,27+,29+,31+;;/m1../s1. The van der Waals surface area contributed by atoms with Crippen LogP contribution in [-0.2, 0) is 16.6 Å². The summed E-state index contributed by atoms with van der Waals surface area (Å²) in [6.07, 6.45) is 12.3. The van der Waals surface area contributed by atoms with Crippen LogP contribution in [0.4, 0.5) is 5.69 Å². The number of amides is 1. The van der Waals surface area contributed by atoms with E-state index < -0.39 is 0 Å². The number of hydrogen-bond donors (Lipinski definition) is 2. The molecular formula is C31H43Cl2N3O. The summed E-state index contributed by atoms with van der Waals surface area (Å²) in [5.41, 5.74) is 9.85. The highest BCUT2D eigenvalue weighted by atomic mass is 35.5. The highest BCUT2D eigenvalue weighted by molar-refractivity contribution is 5.82. The lowest BCUT2D eigenvalue weighted by Gasteiger charge is -2.47. The average molecular weight is 545 g/mol. The third kappa shape index (κ3) is 5.20. The van der Waals surface area contributed by atoms with E-state index >= 15 is 0 Å². The molecule has 1 spiro atoms. The van der Waals surface area contributed by atoms with Crippen molar-refractivity contribution in [2.75, 3.05) is 19.6 Å². The van der Waals surface area contributed by atoms with Crippen LogP contribution in [0.5, 0.6) is 0 Å². The van der Waals surface area contributed by atoms with Crippen molar-refractivity contribution >= 4 is 11.6 Å². The summed E-state index contributed by atoms with van der Waals surface area (Å²) >= 11 is 0. The summed E-state index contributed by atoms with van der Waals surface area (Å²) in [5.74, 6) is 1.82. The van der Waals surface area contributed by atoms with Gasteiger partial charge in [-0.2, -0.15) is 0 Å². The number of rotatable bonds is 3. The van der Waals surface area contributed by atoms with Gasteiger partial charge in [-0.25, -0.2) is 0 Å². The lowest BCUT2D eigenvalue weighted by Crippen LogP contribution is -3.00. The Morgan fingerprint density at radius 3 is 2.51 bits per heavy atom. The van der Waals surface area contributed by atoms with Crippen molar-refractivity contribution in [1.29, 1.82) is 0 Å². The van der Waals surface area contributed by atoms with Crippen molar-refractivity contribution in [1.82, 2.24) is 4.90 Å². The predicted octanol–water partition coefficient (Wildman–Crippen LogP) is -2.31. The first kappa shape index (κ1) is 28.4. The molecule has 2 aliphatic carbocycles. The number of carbonyl (C=O) groups is 1. The van der Waals surface area contributed by atoms with Crippen LogP contribution in [0, 0.1) is 11.8 Å². The van der Waals surface area contributed by atoms with Crippen molar-refractivity contribution < 1.29 is 40.7 Å². The number of hydrogen-bond acceptors (Lipinski definition) is 1. The second-order valence-electron chi connectivity index (χ2n) is 11.9. The van der Waals surface area contributed by atoms with Gasteiger partial charge in [-0.15, -0.1) is 0 Å². The number of quaternary nitrogens is 2. The number of halogens is 2. The molecule has 37 heavy (non-hydrogen) atoms. The van der Waals surface area contributed by atoms with Gasteiger partial charge in [-0.3, -0.25) is 4.79 Å². The first-order valence-corrected chi connectivity index (χ1v) is 14.3. The zero-order valence-corrected chi connectivity index (χ0v) is 23.5. The third-order valence-corrected chi connectivity index (χ3v) is 10.1. The summed E-state index contributed by atoms with van der Waals surface area (Å²) in [6, 6.07) is 18.1. The zero-order chi connectivity index (χ0) is 23.8. The Bertz CT molecular complexity index is 1060. The summed E-state index contributed by atoms with van der Waals surface area (Å²) in [4.78, 5) is 17.0. The van der Waals surface area contributed by atoms with Crippen molar-refractivity contribution in [3.8, 4) is 0 Å². The van der Waals surface area contributed by atoms with Gasteiger partial charge in [-0.1, -0.05) is 61.7 Å². The fraction of sp³-hybridized carbons (Fsp3) is 0.581. The monoisotopic (exact) mass is 543 g/mol. The highest BCUT2D eigenvalue weighted by Gasteiger charge is 2.55. The maximum atomic E-state index is 14.6. The third-order valence-electron chi connectivity index (χ3n) is 10.1. The second-order valence-corrected chi connectivity index (χ2v) is 11.9. The van der Waals surface area contributed by atoms with Crippen LogP contribution in [0.3, 0.4) is 0 Å². The number of carbonyl (C=O) groups excluding carboxylic acids is 1. The Kier molecular flexibility index (Phi) is 9.27. The molecule has 0 aromatic heterocycles. The summed E-state index contributed by atoms with van der Waals surface area (Å²) in [5, 5.41) is 2.43. The normalized spacial score (nSPS) is 29.8. The molecule has 4 aliphatic rings. The fourth-order valence-electron chi connectivity index (χ4n) is 8.36. The van der Waals surface area contributed by atoms with Gasteiger partial charge in [0, 0.05) is 18.2 Å². The van der Waals surface area contributed by atoms with E-state index in [-0.39, 0.29) is 36.1 Å². The van der Waals surface area contributed by atoms with E-state index in [0.29, 0.717) is 23.8 Å². The number of likely N-dealkylation sites (tertiary alicyclic amines) is 1. The van der Waals surface area contributed by atoms with E-state index in [0.717, 1.165) is 45.3 Å². The molecule has 1 amide bonds. The molecule has 6 heteroatoms. The molecule has 2 aromatic rings. The van der Waals surface area contributed by atoms with E-state index in [4.69, 9.17) is 0 Å². The molecule has 2 aromatic carbocycles. The van der Waals surface area contributed by atoms with Crippen LogP contribution >= 0.6 is 0 Å². The van der Waals surface area contributed by atoms with Crippen LogP contribution in [0.15, 0.2) is 48.5 Å². The first-order valence-electron chi connectivity index (χ1n) is 14.3. The minimum absolute atomic E-state index is 0. The molecule has 1 saturated carbocycles. The zero-order valence-electron chi connectivity index (χ0n) is 22.0. The smallest absolute Gasteiger partial charge is 0.232 e. The highest BCUT2D eigenvalue weighted by Crippen LogP contribution is 2.47. The van der Waals surface area contributed by atoms with Gasteiger partial charge in [0.2, 0.25) is 5.91 Å². The largest absolute Gasteiger partial charge is 1.00 e. The maximum absolute atomic E-state index is 14.6. The van der Waals surface area contributed by atoms with Gasteiger partial charge in [0.05, 0.1) is 18.5 Å². The van der Waals surface area contributed by atoms with E-state index in [1.807, 2.05) is 0 Å². The number of piperidine rings is 1. The Labute approximate surface area is 235 Å². The van der Waals surface area contributed by atoms with Crippen molar-refractivity contribution in [2.24, 2.45) is 11.8 Å². The Balaban J connectivity index is 0.00000160. The van der Waals surface area contributed by atoms with Gasteiger partial charge >= 0.3 is 0 Å². The molecule has 4 nitrogen and oxygen atoms in total. The van der Waals surface area contributed by atoms with E-state index in [1.54, 1.807) is 0 Å². The lowest BCUT2D eigenvalue weighted by molar-refractivity contribution is -0.640. The predicted molar refractivity (Wildman–Crippen MR) is 139 cm³/mol. The Morgan fingerprint density at radius 1 is 0.946 bits per heavy atom. The van der Waals surface area contributed by atoms with Crippen molar-refractivity contribution in [3.05, 3.63) is 65.2 Å². The quantitative estimate of drug-likeness (QED) is 0.449. The molecule has 0 bridgehead atoms. The van der Waals surface area contributed by atoms with Gasteiger partial charge in [0.25, 0.3) is 0 Å². The van der Waals surface area contributed by atoms with E-state index in [2.05, 4.69) is 64.5 Å². The topological polar surface area (TPSA) is 64.6 Å². The number of benzene rings is 2. The lowest BCUT2D eigenvalue weighted by atomic mass is 9.63. The molecule has 4 atom stereocenters. The van der Waals surface area contributed by atoms with Crippen LogP contribution < -0.4 is 35.9 Å². The molecule has 3 fully saturated rings. The molecule has 0 unspecified atom stereocenters. The molecule has 0 radical (unpaired) electrons. The summed E-state index contributed by atoms with van der Waals surface area (Å²) in [6.45, 7) is 2.92. The van der Waals surface area contributed by atoms with E-state index in [1.165, 1.54) is 60.9 Å². The van der Waals surface area contributed by atoms with E-state index in [9.17, 15) is 4.79 Å². The first-order chi connectivity index (χ1) is 17.2. The van der Waals surface area contributed by atoms with Crippen molar-refractivity contribution in [2.45, 2.75) is 81.6 Å². The average Bonchev–Trinajstić information content (AvgIpc) is 3.33. The SMILES string of the molecule is [Cl-].[Cl-].[NH3+]c1cccc2c1CCC[C@]21C[NH2+]C[C@H]1C(=O)N1CC[C@@H](c2ccccc2)C[C@H]1C1CCCCC1. The number of nitrogens with two attached hydrogens (primary N) is 1. The maximum Gasteiger partial charge on any atom is 0.232 e. The summed E-state index contributed by atoms with van der Waals surface area (Å²) < 4.78 is 0. The molecule has 6 rings (SSSR count). The van der Waals surface area contributed by atoms with Gasteiger partial charge in [0.15, 0.2) is 0 Å². The van der Waals surface area contributed by atoms with Crippen LogP contribution in [0.2, 0.25) is 0 Å². The molecule has 2 aliphatic heterocycles. The molecular weight excluding hydrogens is 501 g/mol. The van der Waals surface area contributed by atoms with Crippen LogP contribution in [0.25, 0.3) is 0 Å². The fourth-order valence-corrected chi connectivity index (χ4v) is 8.36. The number of nitrogens with zero attached hydrogens (tertiary/aromatic N) is 1. The molecule has 2 saturated heterocycles. The second kappa shape index (κ2) is 12.1. The van der Waals surface area contributed by atoms with Gasteiger partial charge < -0.3 is 40.8 Å². The molecule has 202 valence electrons. The summed E-state index contributed by atoms with van der Waals surface area (Å²) in [7, 11) is 0. The minimum Gasteiger partial charge on any atom is -1.00 e. The number of fused-ring (bicyclic) bond motifs is 2.